The van der Waals surface area contributed by atoms with E-state index in [2.05, 4.69) is 5.32 Å². The molecule has 0 saturated carbocycles. The Bertz CT molecular complexity index is 217. The second-order valence-corrected chi connectivity index (χ2v) is 2.02. The van der Waals surface area contributed by atoms with Crippen LogP contribution in [0.4, 0.5) is 10.1 Å². The number of benzene rings is 1. The van der Waals surface area contributed by atoms with E-state index in [-0.39, 0.29) is 5.82 Å². The fourth-order valence-electron chi connectivity index (χ4n) is 0.757. The minimum Gasteiger partial charge on any atom is -0.388 e. The van der Waals surface area contributed by atoms with Gasteiger partial charge in [0.2, 0.25) is 0 Å². The van der Waals surface area contributed by atoms with Crippen molar-refractivity contribution in [3.63, 3.8) is 0 Å². The summed E-state index contributed by atoms with van der Waals surface area (Å²) in [5.41, 5.74) is 1.13. The van der Waals surface area contributed by atoms with Crippen LogP contribution in [0.1, 0.15) is 0 Å². The van der Waals surface area contributed by atoms with Crippen molar-refractivity contribution in [2.24, 2.45) is 0 Å². The molecule has 3 heteroatoms. The predicted octanol–water partition coefficient (Wildman–Crippen LogP) is 0.661. The van der Waals surface area contributed by atoms with Gasteiger partial charge in [0.1, 0.15) is 13.7 Å². The van der Waals surface area contributed by atoms with Crippen LogP contribution in [0.2, 0.25) is 0 Å². The molecule has 0 fully saturated rings. The average Bonchev–Trinajstić information content (AvgIpc) is 1.85. The minimum absolute atomic E-state index is 0.315. The Balaban J connectivity index is 3.06. The Morgan fingerprint density at radius 2 is 2.10 bits per heavy atom. The van der Waals surface area contributed by atoms with Gasteiger partial charge in [-0.2, -0.15) is 0 Å². The first kappa shape index (κ1) is 7.13. The van der Waals surface area contributed by atoms with Gasteiger partial charge in [-0.15, -0.1) is 0 Å². The van der Waals surface area contributed by atoms with Crippen LogP contribution in [0.15, 0.2) is 18.2 Å². The van der Waals surface area contributed by atoms with Gasteiger partial charge < -0.3 is 5.32 Å². The highest BCUT2D eigenvalue weighted by Crippen LogP contribution is 2.04. The maximum Gasteiger partial charge on any atom is 0.124 e. The molecule has 0 aliphatic rings. The van der Waals surface area contributed by atoms with Crippen molar-refractivity contribution in [1.82, 2.24) is 0 Å². The summed E-state index contributed by atoms with van der Waals surface area (Å²) < 4.78 is 12.5. The highest BCUT2D eigenvalue weighted by Gasteiger charge is 1.93. The van der Waals surface area contributed by atoms with Gasteiger partial charge >= 0.3 is 0 Å². The van der Waals surface area contributed by atoms with E-state index in [1.807, 2.05) is 0 Å². The van der Waals surface area contributed by atoms with E-state index in [0.29, 0.717) is 11.2 Å². The van der Waals surface area contributed by atoms with E-state index < -0.39 is 0 Å². The maximum absolute atomic E-state index is 12.5. The van der Waals surface area contributed by atoms with Crippen LogP contribution in [-0.4, -0.2) is 14.9 Å². The van der Waals surface area contributed by atoms with Gasteiger partial charge in [-0.25, -0.2) is 4.39 Å². The highest BCUT2D eigenvalue weighted by molar-refractivity contribution is 6.32. The number of halogens is 1. The zero-order valence-electron chi connectivity index (χ0n) is 5.69. The van der Waals surface area contributed by atoms with E-state index in [1.165, 1.54) is 12.1 Å². The van der Waals surface area contributed by atoms with Crippen LogP contribution in [0.5, 0.6) is 0 Å². The topological polar surface area (TPSA) is 12.0 Å². The van der Waals surface area contributed by atoms with Crippen LogP contribution >= 0.6 is 0 Å². The molecular formula is C7H7BFN. The molecular weight excluding hydrogens is 128 g/mol. The van der Waals surface area contributed by atoms with E-state index in [1.54, 1.807) is 13.1 Å². The van der Waals surface area contributed by atoms with Crippen LogP contribution < -0.4 is 10.8 Å². The Labute approximate surface area is 60.7 Å². The first-order chi connectivity index (χ1) is 4.72. The van der Waals surface area contributed by atoms with Gasteiger partial charge in [0.05, 0.1) is 0 Å². The number of hydrogen-bond donors (Lipinski definition) is 1. The molecule has 10 heavy (non-hydrogen) atoms. The van der Waals surface area contributed by atoms with Gasteiger partial charge in [-0.05, 0) is 18.2 Å². The third-order valence-corrected chi connectivity index (χ3v) is 1.21. The maximum atomic E-state index is 12.5. The fraction of sp³-hybridized carbons (Fsp3) is 0.143. The lowest BCUT2D eigenvalue weighted by Crippen LogP contribution is -2.04. The van der Waals surface area contributed by atoms with Crippen molar-refractivity contribution >= 4 is 19.0 Å². The lowest BCUT2D eigenvalue weighted by molar-refractivity contribution is 0.629. The molecule has 0 saturated heterocycles. The van der Waals surface area contributed by atoms with E-state index in [9.17, 15) is 4.39 Å². The van der Waals surface area contributed by atoms with Crippen molar-refractivity contribution in [1.29, 1.82) is 0 Å². The summed E-state index contributed by atoms with van der Waals surface area (Å²) in [5, 5.41) is 2.79. The fourth-order valence-corrected chi connectivity index (χ4v) is 0.757. The van der Waals surface area contributed by atoms with Gasteiger partial charge in [0.15, 0.2) is 0 Å². The van der Waals surface area contributed by atoms with Gasteiger partial charge in [0.25, 0.3) is 0 Å². The standard InChI is InChI=1S/C7H7BFN/c1-10-7-3-5(8)2-6(9)4-7/h2-4,10H,1H3. The Morgan fingerprint density at radius 1 is 1.40 bits per heavy atom. The van der Waals surface area contributed by atoms with E-state index in [4.69, 9.17) is 7.85 Å². The van der Waals surface area contributed by atoms with Crippen LogP contribution in [0.25, 0.3) is 0 Å². The summed E-state index contributed by atoms with van der Waals surface area (Å²) in [6.07, 6.45) is 0. The smallest absolute Gasteiger partial charge is 0.124 e. The first-order valence-electron chi connectivity index (χ1n) is 2.96. The van der Waals surface area contributed by atoms with E-state index in [0.717, 1.165) is 0 Å². The first-order valence-corrected chi connectivity index (χ1v) is 2.96. The molecule has 0 unspecified atom stereocenters. The molecule has 0 aliphatic heterocycles. The Hall–Kier alpha value is -0.985. The zero-order chi connectivity index (χ0) is 7.56. The number of anilines is 1. The molecule has 50 valence electrons. The number of hydrogen-bond acceptors (Lipinski definition) is 1. The molecule has 0 heterocycles. The lowest BCUT2D eigenvalue weighted by atomic mass is 9.96. The second-order valence-electron chi connectivity index (χ2n) is 2.02. The molecule has 0 spiro atoms. The average molecular weight is 135 g/mol. The third-order valence-electron chi connectivity index (χ3n) is 1.21. The Morgan fingerprint density at radius 3 is 2.60 bits per heavy atom. The lowest BCUT2D eigenvalue weighted by Gasteiger charge is -2.00. The number of rotatable bonds is 1. The molecule has 0 atom stereocenters. The van der Waals surface area contributed by atoms with Crippen LogP contribution in [0, 0.1) is 5.82 Å². The second kappa shape index (κ2) is 2.73. The predicted molar refractivity (Wildman–Crippen MR) is 41.3 cm³/mol. The largest absolute Gasteiger partial charge is 0.388 e. The molecule has 1 N–H and O–H groups in total. The minimum atomic E-state index is -0.315. The zero-order valence-corrected chi connectivity index (χ0v) is 5.69. The van der Waals surface area contributed by atoms with Crippen LogP contribution in [-0.2, 0) is 0 Å². The molecule has 0 bridgehead atoms. The summed E-state index contributed by atoms with van der Waals surface area (Å²) in [4.78, 5) is 0. The molecule has 1 rings (SSSR count). The monoisotopic (exact) mass is 135 g/mol. The molecule has 1 nitrogen and oxygen atoms in total. The summed E-state index contributed by atoms with van der Waals surface area (Å²) in [7, 11) is 7.07. The molecule has 2 radical (unpaired) electrons. The molecule has 1 aromatic carbocycles. The summed E-state index contributed by atoms with van der Waals surface area (Å²) in [6.45, 7) is 0. The Kier molecular flexibility index (Phi) is 1.95. The highest BCUT2D eigenvalue weighted by atomic mass is 19.1. The molecule has 0 aliphatic carbocycles. The van der Waals surface area contributed by atoms with Crippen molar-refractivity contribution < 1.29 is 4.39 Å². The van der Waals surface area contributed by atoms with Gasteiger partial charge in [0, 0.05) is 12.7 Å². The SMILES string of the molecule is [B]c1cc(F)cc(NC)c1. The number of nitrogens with one attached hydrogen (secondary N) is 1. The summed E-state index contributed by atoms with van der Waals surface area (Å²) >= 11 is 0. The van der Waals surface area contributed by atoms with E-state index >= 15 is 0 Å². The third kappa shape index (κ3) is 1.50. The van der Waals surface area contributed by atoms with Crippen molar-refractivity contribution in [3.8, 4) is 0 Å². The quantitative estimate of drug-likeness (QED) is 0.557. The summed E-state index contributed by atoms with van der Waals surface area (Å²) in [5.74, 6) is -0.315. The normalized spacial score (nSPS) is 9.40. The van der Waals surface area contributed by atoms with Crippen molar-refractivity contribution in [3.05, 3.63) is 24.0 Å². The summed E-state index contributed by atoms with van der Waals surface area (Å²) in [6, 6.07) is 4.33. The molecule has 0 aromatic heterocycles. The van der Waals surface area contributed by atoms with Crippen molar-refractivity contribution in [2.75, 3.05) is 12.4 Å². The van der Waals surface area contributed by atoms with Crippen LogP contribution in [0.3, 0.4) is 0 Å². The molecule has 1 aromatic rings. The molecule has 0 amide bonds. The van der Waals surface area contributed by atoms with Gasteiger partial charge in [-0.3, -0.25) is 0 Å². The van der Waals surface area contributed by atoms with Gasteiger partial charge in [-0.1, -0.05) is 5.46 Å². The van der Waals surface area contributed by atoms with Crippen molar-refractivity contribution in [2.45, 2.75) is 0 Å².